The lowest BCUT2D eigenvalue weighted by molar-refractivity contribution is 0.319. The fraction of sp³-hybridized carbons (Fsp3) is 0.273. The number of ether oxygens (including phenoxy) is 3. The van der Waals surface area contributed by atoms with Gasteiger partial charge in [-0.1, -0.05) is 6.08 Å². The Hall–Kier alpha value is -1.64. The molecule has 3 nitrogen and oxygen atoms in total. The maximum absolute atomic E-state index is 5.48. The summed E-state index contributed by atoms with van der Waals surface area (Å²) in [6.45, 7) is 0.593. The SMILES string of the molecule is COc1cc2c(c(OC)c1)OCC=C2. The summed E-state index contributed by atoms with van der Waals surface area (Å²) in [4.78, 5) is 0. The third-order valence-electron chi connectivity index (χ3n) is 2.13. The van der Waals surface area contributed by atoms with Gasteiger partial charge >= 0.3 is 0 Å². The zero-order valence-corrected chi connectivity index (χ0v) is 8.24. The van der Waals surface area contributed by atoms with Gasteiger partial charge in [-0.2, -0.15) is 0 Å². The van der Waals surface area contributed by atoms with Gasteiger partial charge in [-0.3, -0.25) is 0 Å². The van der Waals surface area contributed by atoms with Crippen LogP contribution in [-0.2, 0) is 0 Å². The summed E-state index contributed by atoms with van der Waals surface area (Å²) in [5.41, 5.74) is 0.993. The van der Waals surface area contributed by atoms with Crippen LogP contribution >= 0.6 is 0 Å². The van der Waals surface area contributed by atoms with Gasteiger partial charge in [-0.15, -0.1) is 0 Å². The van der Waals surface area contributed by atoms with Gasteiger partial charge in [0.1, 0.15) is 12.4 Å². The molecule has 0 radical (unpaired) electrons. The first-order valence-electron chi connectivity index (χ1n) is 4.40. The molecule has 0 aromatic heterocycles. The highest BCUT2D eigenvalue weighted by Crippen LogP contribution is 2.37. The Bertz CT molecular complexity index is 369. The topological polar surface area (TPSA) is 27.7 Å². The zero-order valence-electron chi connectivity index (χ0n) is 8.24. The highest BCUT2D eigenvalue weighted by molar-refractivity contribution is 5.66. The smallest absolute Gasteiger partial charge is 0.169 e. The van der Waals surface area contributed by atoms with Crippen LogP contribution in [0.4, 0.5) is 0 Å². The molecule has 0 fully saturated rings. The summed E-state index contributed by atoms with van der Waals surface area (Å²) in [6, 6.07) is 3.74. The quantitative estimate of drug-likeness (QED) is 0.718. The maximum atomic E-state index is 5.48. The molecule has 1 aliphatic rings. The molecule has 14 heavy (non-hydrogen) atoms. The zero-order chi connectivity index (χ0) is 9.97. The van der Waals surface area contributed by atoms with Crippen molar-refractivity contribution >= 4 is 6.08 Å². The number of methoxy groups -OCH3 is 2. The molecule has 1 heterocycles. The van der Waals surface area contributed by atoms with Crippen molar-refractivity contribution in [3.8, 4) is 17.2 Å². The molecule has 2 rings (SSSR count). The van der Waals surface area contributed by atoms with E-state index in [4.69, 9.17) is 14.2 Å². The van der Waals surface area contributed by atoms with Gasteiger partial charge in [0.05, 0.1) is 14.2 Å². The second kappa shape index (κ2) is 3.62. The normalized spacial score (nSPS) is 13.0. The molecule has 0 bridgehead atoms. The molecule has 0 atom stereocenters. The van der Waals surface area contributed by atoms with E-state index in [0.717, 1.165) is 17.1 Å². The van der Waals surface area contributed by atoms with E-state index in [1.165, 1.54) is 0 Å². The fourth-order valence-electron chi connectivity index (χ4n) is 1.45. The summed E-state index contributed by atoms with van der Waals surface area (Å²) < 4.78 is 15.8. The molecular formula is C11H12O3. The summed E-state index contributed by atoms with van der Waals surface area (Å²) in [7, 11) is 3.26. The van der Waals surface area contributed by atoms with Crippen molar-refractivity contribution in [1.82, 2.24) is 0 Å². The first-order valence-corrected chi connectivity index (χ1v) is 4.40. The maximum Gasteiger partial charge on any atom is 0.169 e. The van der Waals surface area contributed by atoms with Crippen molar-refractivity contribution in [3.63, 3.8) is 0 Å². The van der Waals surface area contributed by atoms with Crippen molar-refractivity contribution in [2.45, 2.75) is 0 Å². The monoisotopic (exact) mass is 192 g/mol. The average Bonchev–Trinajstić information content (AvgIpc) is 2.27. The standard InChI is InChI=1S/C11H12O3/c1-12-9-6-8-4-3-5-14-11(8)10(7-9)13-2/h3-4,6-7H,5H2,1-2H3. The molecular weight excluding hydrogens is 180 g/mol. The second-order valence-corrected chi connectivity index (χ2v) is 2.96. The Labute approximate surface area is 82.9 Å². The average molecular weight is 192 g/mol. The van der Waals surface area contributed by atoms with E-state index >= 15 is 0 Å². The van der Waals surface area contributed by atoms with Crippen LogP contribution in [0.15, 0.2) is 18.2 Å². The molecule has 0 amide bonds. The summed E-state index contributed by atoms with van der Waals surface area (Å²) >= 11 is 0. The van der Waals surface area contributed by atoms with Crippen molar-refractivity contribution < 1.29 is 14.2 Å². The number of hydrogen-bond acceptors (Lipinski definition) is 3. The van der Waals surface area contributed by atoms with Gasteiger partial charge in [-0.25, -0.2) is 0 Å². The molecule has 74 valence electrons. The Morgan fingerprint density at radius 1 is 1.21 bits per heavy atom. The molecule has 0 N–H and O–H groups in total. The lowest BCUT2D eigenvalue weighted by Gasteiger charge is -2.16. The van der Waals surface area contributed by atoms with E-state index in [2.05, 4.69) is 0 Å². The summed E-state index contributed by atoms with van der Waals surface area (Å²) in [6.07, 6.45) is 3.96. The minimum atomic E-state index is 0.593. The highest BCUT2D eigenvalue weighted by Gasteiger charge is 2.13. The van der Waals surface area contributed by atoms with Crippen LogP contribution in [-0.4, -0.2) is 20.8 Å². The predicted octanol–water partition coefficient (Wildman–Crippen LogP) is 2.11. The van der Waals surface area contributed by atoms with Gasteiger partial charge in [-0.05, 0) is 12.1 Å². The molecule has 0 saturated heterocycles. The summed E-state index contributed by atoms with van der Waals surface area (Å²) in [5.74, 6) is 2.27. The van der Waals surface area contributed by atoms with Crippen LogP contribution < -0.4 is 14.2 Å². The van der Waals surface area contributed by atoms with Crippen LogP contribution in [0.3, 0.4) is 0 Å². The third-order valence-corrected chi connectivity index (χ3v) is 2.13. The van der Waals surface area contributed by atoms with Crippen molar-refractivity contribution in [1.29, 1.82) is 0 Å². The van der Waals surface area contributed by atoms with E-state index in [9.17, 15) is 0 Å². The third kappa shape index (κ3) is 1.41. The Balaban J connectivity index is 2.54. The van der Waals surface area contributed by atoms with Crippen LogP contribution in [0.5, 0.6) is 17.2 Å². The Kier molecular flexibility index (Phi) is 2.31. The number of hydrogen-bond donors (Lipinski definition) is 0. The van der Waals surface area contributed by atoms with Crippen LogP contribution in [0.2, 0.25) is 0 Å². The van der Waals surface area contributed by atoms with Crippen molar-refractivity contribution in [2.24, 2.45) is 0 Å². The van der Waals surface area contributed by atoms with E-state index in [0.29, 0.717) is 12.4 Å². The van der Waals surface area contributed by atoms with Crippen molar-refractivity contribution in [2.75, 3.05) is 20.8 Å². The van der Waals surface area contributed by atoms with Gasteiger partial charge in [0, 0.05) is 11.6 Å². The number of benzene rings is 1. The van der Waals surface area contributed by atoms with Crippen LogP contribution in [0.25, 0.3) is 6.08 Å². The largest absolute Gasteiger partial charge is 0.497 e. The van der Waals surface area contributed by atoms with E-state index in [1.807, 2.05) is 24.3 Å². The van der Waals surface area contributed by atoms with Gasteiger partial charge in [0.15, 0.2) is 11.5 Å². The first-order chi connectivity index (χ1) is 6.85. The predicted molar refractivity (Wildman–Crippen MR) is 54.1 cm³/mol. The second-order valence-electron chi connectivity index (χ2n) is 2.96. The van der Waals surface area contributed by atoms with E-state index < -0.39 is 0 Å². The van der Waals surface area contributed by atoms with Crippen molar-refractivity contribution in [3.05, 3.63) is 23.8 Å². The number of fused-ring (bicyclic) bond motifs is 1. The summed E-state index contributed by atoms with van der Waals surface area (Å²) in [5, 5.41) is 0. The minimum absolute atomic E-state index is 0.593. The number of rotatable bonds is 2. The van der Waals surface area contributed by atoms with E-state index in [1.54, 1.807) is 14.2 Å². The highest BCUT2D eigenvalue weighted by atomic mass is 16.5. The fourth-order valence-corrected chi connectivity index (χ4v) is 1.45. The lowest BCUT2D eigenvalue weighted by Crippen LogP contribution is -2.02. The Morgan fingerprint density at radius 2 is 2.07 bits per heavy atom. The molecule has 0 aliphatic carbocycles. The van der Waals surface area contributed by atoms with Crippen LogP contribution in [0, 0.1) is 0 Å². The molecule has 1 aromatic rings. The van der Waals surface area contributed by atoms with Crippen LogP contribution in [0.1, 0.15) is 5.56 Å². The molecule has 0 unspecified atom stereocenters. The Morgan fingerprint density at radius 3 is 2.79 bits per heavy atom. The van der Waals surface area contributed by atoms with Gasteiger partial charge < -0.3 is 14.2 Å². The lowest BCUT2D eigenvalue weighted by atomic mass is 10.1. The van der Waals surface area contributed by atoms with Gasteiger partial charge in [0.25, 0.3) is 0 Å². The molecule has 1 aliphatic heterocycles. The van der Waals surface area contributed by atoms with Gasteiger partial charge in [0.2, 0.25) is 0 Å². The molecule has 3 heteroatoms. The minimum Gasteiger partial charge on any atom is -0.497 e. The molecule has 0 saturated carbocycles. The molecule has 1 aromatic carbocycles. The molecule has 0 spiro atoms. The van der Waals surface area contributed by atoms with E-state index in [-0.39, 0.29) is 0 Å². The first kappa shape index (κ1) is 8.94.